The molecule has 0 spiro atoms. The Hall–Kier alpha value is -1.74. The van der Waals surface area contributed by atoms with Gasteiger partial charge in [0.1, 0.15) is 0 Å². The summed E-state index contributed by atoms with van der Waals surface area (Å²) in [5, 5.41) is 0. The number of unbranched alkanes of at least 4 members (excludes halogenated alkanes) is 2. The minimum Gasteiger partial charge on any atom is -0.316 e. The molecule has 0 saturated carbocycles. The van der Waals surface area contributed by atoms with Gasteiger partial charge in [0.2, 0.25) is 0 Å². The number of halogens is 2. The lowest BCUT2D eigenvalue weighted by Crippen LogP contribution is -2.19. The Bertz CT molecular complexity index is 632. The first kappa shape index (κ1) is 20.6. The topological polar surface area (TPSA) is 9.23 Å². The molecule has 1 nitrogen and oxygen atoms in total. The number of alkyl halides is 2. The maximum absolute atomic E-state index is 14.2. The van der Waals surface area contributed by atoms with Gasteiger partial charge in [-0.15, -0.1) is 0 Å². The van der Waals surface area contributed by atoms with E-state index in [2.05, 4.69) is 26.0 Å². The second-order valence-corrected chi connectivity index (χ2v) is 6.84. The van der Waals surface area contributed by atoms with Crippen LogP contribution in [-0.4, -0.2) is 6.61 Å². The maximum Gasteiger partial charge on any atom is 0.383 e. The lowest BCUT2D eigenvalue weighted by Gasteiger charge is -2.17. The maximum atomic E-state index is 14.2. The van der Waals surface area contributed by atoms with E-state index in [0.717, 1.165) is 30.4 Å². The number of ether oxygens (including phenoxy) is 1. The fraction of sp³-hybridized carbons (Fsp3) is 0.478. The molecule has 2 rings (SSSR count). The van der Waals surface area contributed by atoms with Gasteiger partial charge in [-0.2, -0.15) is 8.78 Å². The van der Waals surface area contributed by atoms with Crippen molar-refractivity contribution in [3.63, 3.8) is 0 Å². The van der Waals surface area contributed by atoms with Crippen molar-refractivity contribution in [2.45, 2.75) is 64.9 Å². The van der Waals surface area contributed by atoms with Crippen molar-refractivity contribution in [3.8, 4) is 0 Å². The van der Waals surface area contributed by atoms with Crippen LogP contribution >= 0.6 is 0 Å². The van der Waals surface area contributed by atoms with Crippen LogP contribution < -0.4 is 0 Å². The average Bonchev–Trinajstić information content (AvgIpc) is 2.64. The van der Waals surface area contributed by atoms with E-state index in [0.29, 0.717) is 6.42 Å². The van der Waals surface area contributed by atoms with Crippen LogP contribution in [-0.2, 0) is 30.1 Å². The SMILES string of the molecule is CCCCCc1ccc(CCOC(F)(F)c2ccc(CCC)cc2)cc1. The van der Waals surface area contributed by atoms with E-state index >= 15 is 0 Å². The molecule has 0 aliphatic rings. The predicted octanol–water partition coefficient (Wildman–Crippen LogP) is 6.68. The Morgan fingerprint density at radius 1 is 0.692 bits per heavy atom. The van der Waals surface area contributed by atoms with Crippen molar-refractivity contribution in [2.75, 3.05) is 6.61 Å². The predicted molar refractivity (Wildman–Crippen MR) is 104 cm³/mol. The Balaban J connectivity index is 1.81. The van der Waals surface area contributed by atoms with Crippen LogP contribution in [0.2, 0.25) is 0 Å². The van der Waals surface area contributed by atoms with Crippen molar-refractivity contribution in [3.05, 3.63) is 70.8 Å². The molecule has 0 amide bonds. The third-order valence-corrected chi connectivity index (χ3v) is 4.59. The molecular formula is C23H30F2O. The summed E-state index contributed by atoms with van der Waals surface area (Å²) in [5.41, 5.74) is 3.33. The van der Waals surface area contributed by atoms with Gasteiger partial charge in [-0.1, -0.05) is 81.6 Å². The summed E-state index contributed by atoms with van der Waals surface area (Å²) in [6.07, 6.45) is 3.88. The highest BCUT2D eigenvalue weighted by atomic mass is 19.3. The van der Waals surface area contributed by atoms with Crippen LogP contribution in [0.15, 0.2) is 48.5 Å². The monoisotopic (exact) mass is 360 g/mol. The van der Waals surface area contributed by atoms with Gasteiger partial charge in [0.15, 0.2) is 0 Å². The molecule has 0 heterocycles. The van der Waals surface area contributed by atoms with E-state index in [-0.39, 0.29) is 12.2 Å². The molecule has 2 aromatic carbocycles. The molecule has 142 valence electrons. The molecule has 0 saturated heterocycles. The molecule has 0 fully saturated rings. The average molecular weight is 360 g/mol. The van der Waals surface area contributed by atoms with E-state index < -0.39 is 6.11 Å². The third-order valence-electron chi connectivity index (χ3n) is 4.59. The minimum absolute atomic E-state index is 0.00110. The number of benzene rings is 2. The molecule has 2 aromatic rings. The number of hydrogen-bond acceptors (Lipinski definition) is 1. The Morgan fingerprint density at radius 2 is 1.23 bits per heavy atom. The van der Waals surface area contributed by atoms with Crippen LogP contribution in [0.1, 0.15) is 61.8 Å². The van der Waals surface area contributed by atoms with Crippen molar-refractivity contribution < 1.29 is 13.5 Å². The first-order valence-corrected chi connectivity index (χ1v) is 9.74. The zero-order valence-electron chi connectivity index (χ0n) is 15.9. The number of rotatable bonds is 11. The van der Waals surface area contributed by atoms with Crippen molar-refractivity contribution in [1.82, 2.24) is 0 Å². The summed E-state index contributed by atoms with van der Waals surface area (Å²) in [7, 11) is 0. The smallest absolute Gasteiger partial charge is 0.316 e. The molecule has 3 heteroatoms. The van der Waals surface area contributed by atoms with Gasteiger partial charge in [-0.3, -0.25) is 0 Å². The lowest BCUT2D eigenvalue weighted by molar-refractivity contribution is -0.248. The number of hydrogen-bond donors (Lipinski definition) is 0. The van der Waals surface area contributed by atoms with Crippen LogP contribution in [0.5, 0.6) is 0 Å². The summed E-state index contributed by atoms with van der Waals surface area (Å²) >= 11 is 0. The van der Waals surface area contributed by atoms with Crippen molar-refractivity contribution >= 4 is 0 Å². The zero-order valence-corrected chi connectivity index (χ0v) is 15.9. The zero-order chi connectivity index (χ0) is 18.8. The van der Waals surface area contributed by atoms with Gasteiger partial charge < -0.3 is 4.74 Å². The van der Waals surface area contributed by atoms with Gasteiger partial charge in [-0.05, 0) is 42.4 Å². The summed E-state index contributed by atoms with van der Waals surface area (Å²) in [6, 6.07) is 14.7. The summed E-state index contributed by atoms with van der Waals surface area (Å²) < 4.78 is 33.3. The van der Waals surface area contributed by atoms with E-state index in [1.165, 1.54) is 37.0 Å². The molecule has 0 atom stereocenters. The normalized spacial score (nSPS) is 11.7. The van der Waals surface area contributed by atoms with Crippen LogP contribution in [0.25, 0.3) is 0 Å². The van der Waals surface area contributed by atoms with Gasteiger partial charge in [0.05, 0.1) is 12.2 Å². The molecule has 0 unspecified atom stereocenters. The fourth-order valence-corrected chi connectivity index (χ4v) is 2.99. The van der Waals surface area contributed by atoms with Gasteiger partial charge in [-0.25, -0.2) is 0 Å². The second-order valence-electron chi connectivity index (χ2n) is 6.84. The van der Waals surface area contributed by atoms with Crippen molar-refractivity contribution in [2.24, 2.45) is 0 Å². The summed E-state index contributed by atoms with van der Waals surface area (Å²) in [4.78, 5) is 0. The first-order valence-electron chi connectivity index (χ1n) is 9.74. The summed E-state index contributed by atoms with van der Waals surface area (Å²) in [6.45, 7) is 4.26. The van der Waals surface area contributed by atoms with E-state index in [1.807, 2.05) is 12.1 Å². The quantitative estimate of drug-likeness (QED) is 0.406. The molecule has 0 N–H and O–H groups in total. The van der Waals surface area contributed by atoms with Gasteiger partial charge in [0, 0.05) is 0 Å². The molecule has 0 aliphatic heterocycles. The third kappa shape index (κ3) is 6.53. The highest BCUT2D eigenvalue weighted by Gasteiger charge is 2.32. The standard InChI is InChI=1S/C23H30F2O/c1-3-5-6-8-20-9-11-21(12-10-20)17-18-26-23(24,25)22-15-13-19(7-4-2)14-16-22/h9-16H,3-8,17-18H2,1-2H3. The van der Waals surface area contributed by atoms with Crippen LogP contribution in [0, 0.1) is 0 Å². The van der Waals surface area contributed by atoms with E-state index in [9.17, 15) is 8.78 Å². The molecule has 0 aliphatic carbocycles. The van der Waals surface area contributed by atoms with E-state index in [4.69, 9.17) is 4.74 Å². The van der Waals surface area contributed by atoms with E-state index in [1.54, 1.807) is 12.1 Å². The van der Waals surface area contributed by atoms with Crippen LogP contribution in [0.3, 0.4) is 0 Å². The minimum atomic E-state index is -3.25. The second kappa shape index (κ2) is 10.4. The number of aryl methyl sites for hydroxylation is 2. The first-order chi connectivity index (χ1) is 12.5. The lowest BCUT2D eigenvalue weighted by atomic mass is 10.0. The van der Waals surface area contributed by atoms with Crippen molar-refractivity contribution in [1.29, 1.82) is 0 Å². The molecule has 0 aromatic heterocycles. The van der Waals surface area contributed by atoms with Gasteiger partial charge >= 0.3 is 6.11 Å². The molecule has 26 heavy (non-hydrogen) atoms. The highest BCUT2D eigenvalue weighted by molar-refractivity contribution is 5.25. The van der Waals surface area contributed by atoms with Gasteiger partial charge in [0.25, 0.3) is 0 Å². The fourth-order valence-electron chi connectivity index (χ4n) is 2.99. The molecular weight excluding hydrogens is 330 g/mol. The Kier molecular flexibility index (Phi) is 8.24. The largest absolute Gasteiger partial charge is 0.383 e. The molecule has 0 bridgehead atoms. The highest BCUT2D eigenvalue weighted by Crippen LogP contribution is 2.29. The van der Waals surface area contributed by atoms with Crippen LogP contribution in [0.4, 0.5) is 8.78 Å². The summed E-state index contributed by atoms with van der Waals surface area (Å²) in [5.74, 6) is 0. The Morgan fingerprint density at radius 3 is 1.81 bits per heavy atom. The molecule has 0 radical (unpaired) electrons. The Labute approximate surface area is 156 Å².